The van der Waals surface area contributed by atoms with Crippen molar-refractivity contribution < 1.29 is 0 Å². The maximum Gasteiger partial charge on any atom is 0.0365 e. The van der Waals surface area contributed by atoms with Gasteiger partial charge in [-0.05, 0) is 12.8 Å². The third-order valence-corrected chi connectivity index (χ3v) is 2.14. The SMILES string of the molecule is CCCCN1CC(CC)NN1. The minimum absolute atomic E-state index is 0.645. The second-order valence-electron chi connectivity index (χ2n) is 3.16. The van der Waals surface area contributed by atoms with Crippen LogP contribution in [0.1, 0.15) is 33.1 Å². The average Bonchev–Trinajstić information content (AvgIpc) is 2.48. The molecule has 1 heterocycles. The molecule has 2 N–H and O–H groups in total. The molecule has 0 bridgehead atoms. The summed E-state index contributed by atoms with van der Waals surface area (Å²) in [5.74, 6) is 0. The predicted molar refractivity (Wildman–Crippen MR) is 46.8 cm³/mol. The Kier molecular flexibility index (Phi) is 3.83. The van der Waals surface area contributed by atoms with Crippen LogP contribution in [0.25, 0.3) is 0 Å². The zero-order valence-corrected chi connectivity index (χ0v) is 7.56. The van der Waals surface area contributed by atoms with E-state index in [1.807, 2.05) is 0 Å². The maximum absolute atomic E-state index is 3.24. The molecule has 0 radical (unpaired) electrons. The summed E-state index contributed by atoms with van der Waals surface area (Å²) in [6.07, 6.45) is 3.76. The van der Waals surface area contributed by atoms with Crippen molar-refractivity contribution in [3.63, 3.8) is 0 Å². The van der Waals surface area contributed by atoms with Crippen molar-refractivity contribution in [3.05, 3.63) is 0 Å². The second-order valence-corrected chi connectivity index (χ2v) is 3.16. The van der Waals surface area contributed by atoms with E-state index in [0.717, 1.165) is 6.54 Å². The van der Waals surface area contributed by atoms with Crippen LogP contribution in [0.2, 0.25) is 0 Å². The Morgan fingerprint density at radius 2 is 2.27 bits per heavy atom. The van der Waals surface area contributed by atoms with Crippen LogP contribution in [0.3, 0.4) is 0 Å². The number of nitrogens with zero attached hydrogens (tertiary/aromatic N) is 1. The van der Waals surface area contributed by atoms with Gasteiger partial charge in [0.25, 0.3) is 0 Å². The van der Waals surface area contributed by atoms with Gasteiger partial charge in [0, 0.05) is 19.1 Å². The lowest BCUT2D eigenvalue weighted by Crippen LogP contribution is -2.37. The normalized spacial score (nSPS) is 26.2. The van der Waals surface area contributed by atoms with Crippen LogP contribution < -0.4 is 11.0 Å². The number of hydrogen-bond donors (Lipinski definition) is 2. The van der Waals surface area contributed by atoms with E-state index >= 15 is 0 Å². The highest BCUT2D eigenvalue weighted by molar-refractivity contribution is 4.71. The molecular formula is C8H19N3. The van der Waals surface area contributed by atoms with E-state index in [1.54, 1.807) is 0 Å². The molecule has 66 valence electrons. The summed E-state index contributed by atoms with van der Waals surface area (Å²) in [5, 5.41) is 2.26. The molecule has 0 saturated carbocycles. The molecule has 0 aliphatic carbocycles. The summed E-state index contributed by atoms with van der Waals surface area (Å²) < 4.78 is 0. The molecule has 1 unspecified atom stereocenters. The number of unbranched alkanes of at least 4 members (excludes halogenated alkanes) is 1. The first-order valence-electron chi connectivity index (χ1n) is 4.63. The van der Waals surface area contributed by atoms with Crippen LogP contribution in [0, 0.1) is 0 Å². The number of rotatable bonds is 4. The Morgan fingerprint density at radius 1 is 1.45 bits per heavy atom. The summed E-state index contributed by atoms with van der Waals surface area (Å²) in [4.78, 5) is 0. The van der Waals surface area contributed by atoms with Gasteiger partial charge in [-0.3, -0.25) is 0 Å². The van der Waals surface area contributed by atoms with Gasteiger partial charge in [0.15, 0.2) is 0 Å². The van der Waals surface area contributed by atoms with Crippen molar-refractivity contribution in [2.24, 2.45) is 0 Å². The van der Waals surface area contributed by atoms with Crippen LogP contribution in [0.15, 0.2) is 0 Å². The molecule has 0 aromatic carbocycles. The third-order valence-electron chi connectivity index (χ3n) is 2.14. The van der Waals surface area contributed by atoms with Gasteiger partial charge < -0.3 is 0 Å². The van der Waals surface area contributed by atoms with E-state index < -0.39 is 0 Å². The molecule has 1 saturated heterocycles. The Balaban J connectivity index is 2.09. The lowest BCUT2D eigenvalue weighted by Gasteiger charge is -2.12. The molecule has 1 aliphatic heterocycles. The first-order valence-corrected chi connectivity index (χ1v) is 4.63. The molecule has 3 heteroatoms. The molecule has 0 spiro atoms. The quantitative estimate of drug-likeness (QED) is 0.634. The Morgan fingerprint density at radius 3 is 2.82 bits per heavy atom. The number of hydrazine groups is 2. The van der Waals surface area contributed by atoms with E-state index in [4.69, 9.17) is 0 Å². The first kappa shape index (κ1) is 8.97. The Bertz CT molecular complexity index is 106. The Labute approximate surface area is 69.1 Å². The smallest absolute Gasteiger partial charge is 0.0365 e. The van der Waals surface area contributed by atoms with Gasteiger partial charge in [0.05, 0.1) is 0 Å². The van der Waals surface area contributed by atoms with Crippen molar-refractivity contribution in [1.82, 2.24) is 16.0 Å². The summed E-state index contributed by atoms with van der Waals surface area (Å²) in [5.41, 5.74) is 6.42. The van der Waals surface area contributed by atoms with Crippen molar-refractivity contribution in [2.75, 3.05) is 13.1 Å². The van der Waals surface area contributed by atoms with E-state index in [2.05, 4.69) is 29.8 Å². The highest BCUT2D eigenvalue weighted by Crippen LogP contribution is 2.01. The maximum atomic E-state index is 3.24. The molecule has 1 fully saturated rings. The van der Waals surface area contributed by atoms with Crippen LogP contribution in [-0.4, -0.2) is 24.1 Å². The third kappa shape index (κ3) is 2.77. The van der Waals surface area contributed by atoms with Gasteiger partial charge in [-0.15, -0.1) is 0 Å². The summed E-state index contributed by atoms with van der Waals surface area (Å²) >= 11 is 0. The molecule has 11 heavy (non-hydrogen) atoms. The standard InChI is InChI=1S/C8H19N3/c1-3-5-6-11-7-8(4-2)9-10-11/h8-10H,3-7H2,1-2H3. The van der Waals surface area contributed by atoms with Gasteiger partial charge in [0.2, 0.25) is 0 Å². The van der Waals surface area contributed by atoms with Crippen molar-refractivity contribution in [1.29, 1.82) is 0 Å². The fraction of sp³-hybridized carbons (Fsp3) is 1.00. The van der Waals surface area contributed by atoms with Crippen LogP contribution in [0.4, 0.5) is 0 Å². The molecule has 1 atom stereocenters. The van der Waals surface area contributed by atoms with E-state index in [1.165, 1.54) is 25.8 Å². The molecule has 1 rings (SSSR count). The van der Waals surface area contributed by atoms with Gasteiger partial charge in [0.1, 0.15) is 0 Å². The van der Waals surface area contributed by atoms with Gasteiger partial charge in [-0.2, -0.15) is 5.53 Å². The highest BCUT2D eigenvalue weighted by atomic mass is 15.7. The van der Waals surface area contributed by atoms with Crippen LogP contribution >= 0.6 is 0 Å². The topological polar surface area (TPSA) is 27.3 Å². The van der Waals surface area contributed by atoms with Crippen molar-refractivity contribution in [3.8, 4) is 0 Å². The lowest BCUT2D eigenvalue weighted by molar-refractivity contribution is 0.229. The lowest BCUT2D eigenvalue weighted by atomic mass is 10.2. The summed E-state index contributed by atoms with van der Waals surface area (Å²) in [7, 11) is 0. The van der Waals surface area contributed by atoms with Crippen molar-refractivity contribution >= 4 is 0 Å². The summed E-state index contributed by atoms with van der Waals surface area (Å²) in [6.45, 7) is 6.75. The molecule has 3 nitrogen and oxygen atoms in total. The average molecular weight is 157 g/mol. The van der Waals surface area contributed by atoms with Crippen LogP contribution in [0.5, 0.6) is 0 Å². The minimum Gasteiger partial charge on any atom is -0.240 e. The van der Waals surface area contributed by atoms with Gasteiger partial charge >= 0.3 is 0 Å². The van der Waals surface area contributed by atoms with Crippen molar-refractivity contribution in [2.45, 2.75) is 39.2 Å². The highest BCUT2D eigenvalue weighted by Gasteiger charge is 2.18. The zero-order valence-electron chi connectivity index (χ0n) is 7.56. The van der Waals surface area contributed by atoms with Gasteiger partial charge in [-0.1, -0.05) is 20.3 Å². The fourth-order valence-corrected chi connectivity index (χ4v) is 1.27. The zero-order chi connectivity index (χ0) is 8.10. The molecule has 0 aromatic rings. The largest absolute Gasteiger partial charge is 0.240 e. The molecule has 1 aliphatic rings. The first-order chi connectivity index (χ1) is 5.36. The fourth-order valence-electron chi connectivity index (χ4n) is 1.27. The summed E-state index contributed by atoms with van der Waals surface area (Å²) in [6, 6.07) is 0.645. The molecular weight excluding hydrogens is 138 g/mol. The predicted octanol–water partition coefficient (Wildman–Crippen LogP) is 0.890. The number of hydrogen-bond acceptors (Lipinski definition) is 3. The number of nitrogens with one attached hydrogen (secondary N) is 2. The molecule has 0 amide bonds. The Hall–Kier alpha value is -0.120. The molecule has 0 aromatic heterocycles. The minimum atomic E-state index is 0.645. The second kappa shape index (κ2) is 4.70. The van der Waals surface area contributed by atoms with E-state index in [0.29, 0.717) is 6.04 Å². The van der Waals surface area contributed by atoms with E-state index in [9.17, 15) is 0 Å². The van der Waals surface area contributed by atoms with E-state index in [-0.39, 0.29) is 0 Å². The van der Waals surface area contributed by atoms with Crippen LogP contribution in [-0.2, 0) is 0 Å². The van der Waals surface area contributed by atoms with Gasteiger partial charge in [-0.25, -0.2) is 10.4 Å². The monoisotopic (exact) mass is 157 g/mol.